The fraction of sp³-hybridized carbons (Fsp3) is 0.0435. The maximum Gasteiger partial charge on any atom is 0.284 e. The van der Waals surface area contributed by atoms with E-state index in [-0.39, 0.29) is 0 Å². The molecule has 0 radical (unpaired) electrons. The predicted octanol–water partition coefficient (Wildman–Crippen LogP) is 5.62. The first-order valence-electron chi connectivity index (χ1n) is 8.97. The molecule has 0 amide bonds. The summed E-state index contributed by atoms with van der Waals surface area (Å²) in [5.74, 6) is 2.35. The second-order valence-corrected chi connectivity index (χ2v) is 6.23. The fourth-order valence-corrected chi connectivity index (χ4v) is 2.98. The SMILES string of the molecule is C(=C\c1ccccc1)/COc1cccc2c1Oc1nc3ccccc3nc1O2. The number of benzene rings is 3. The van der Waals surface area contributed by atoms with Crippen LogP contribution in [0.15, 0.2) is 78.9 Å². The highest BCUT2D eigenvalue weighted by Gasteiger charge is 2.25. The molecule has 0 saturated heterocycles. The third kappa shape index (κ3) is 3.14. The van der Waals surface area contributed by atoms with Crippen LogP contribution in [0, 0.1) is 0 Å². The summed E-state index contributed by atoms with van der Waals surface area (Å²) in [7, 11) is 0. The number of ether oxygens (including phenoxy) is 3. The summed E-state index contributed by atoms with van der Waals surface area (Å²) in [5, 5.41) is 0. The van der Waals surface area contributed by atoms with E-state index in [2.05, 4.69) is 9.97 Å². The number of fused-ring (bicyclic) bond motifs is 3. The van der Waals surface area contributed by atoms with Gasteiger partial charge < -0.3 is 14.2 Å². The Kier molecular flexibility index (Phi) is 4.10. The summed E-state index contributed by atoms with van der Waals surface area (Å²) in [6.45, 7) is 0.408. The van der Waals surface area contributed by atoms with Crippen LogP contribution in [-0.2, 0) is 0 Å². The zero-order valence-corrected chi connectivity index (χ0v) is 14.9. The molecular weight excluding hydrogens is 352 g/mol. The van der Waals surface area contributed by atoms with Crippen molar-refractivity contribution in [1.82, 2.24) is 9.97 Å². The monoisotopic (exact) mass is 368 g/mol. The zero-order valence-electron chi connectivity index (χ0n) is 14.9. The van der Waals surface area contributed by atoms with Gasteiger partial charge in [-0.05, 0) is 35.9 Å². The van der Waals surface area contributed by atoms with Crippen LogP contribution in [0.4, 0.5) is 0 Å². The molecule has 1 aliphatic rings. The van der Waals surface area contributed by atoms with Gasteiger partial charge in [-0.25, -0.2) is 9.97 Å². The highest BCUT2D eigenvalue weighted by molar-refractivity contribution is 5.76. The third-order valence-electron chi connectivity index (χ3n) is 4.30. The lowest BCUT2D eigenvalue weighted by atomic mass is 10.2. The maximum absolute atomic E-state index is 5.98. The molecule has 3 aromatic carbocycles. The van der Waals surface area contributed by atoms with Crippen molar-refractivity contribution >= 4 is 17.1 Å². The van der Waals surface area contributed by atoms with Crippen molar-refractivity contribution < 1.29 is 14.2 Å². The van der Waals surface area contributed by atoms with Crippen LogP contribution in [-0.4, -0.2) is 16.6 Å². The van der Waals surface area contributed by atoms with E-state index in [1.807, 2.05) is 84.9 Å². The van der Waals surface area contributed by atoms with Crippen molar-refractivity contribution in [1.29, 1.82) is 0 Å². The molecule has 0 saturated carbocycles. The Balaban J connectivity index is 1.38. The van der Waals surface area contributed by atoms with E-state index in [1.165, 1.54) is 0 Å². The largest absolute Gasteiger partial charge is 0.485 e. The van der Waals surface area contributed by atoms with Crippen LogP contribution in [0.5, 0.6) is 29.0 Å². The number of aromatic nitrogens is 2. The van der Waals surface area contributed by atoms with Gasteiger partial charge in [-0.3, -0.25) is 0 Å². The van der Waals surface area contributed by atoms with Gasteiger partial charge in [0.25, 0.3) is 11.8 Å². The number of hydrogen-bond acceptors (Lipinski definition) is 5. The van der Waals surface area contributed by atoms with E-state index >= 15 is 0 Å². The second kappa shape index (κ2) is 7.04. The van der Waals surface area contributed by atoms with Gasteiger partial charge in [-0.2, -0.15) is 0 Å². The summed E-state index contributed by atoms with van der Waals surface area (Å²) in [5.41, 5.74) is 2.63. The third-order valence-corrected chi connectivity index (χ3v) is 4.30. The van der Waals surface area contributed by atoms with Crippen molar-refractivity contribution in [3.05, 3.63) is 84.4 Å². The Morgan fingerprint density at radius 1 is 0.750 bits per heavy atom. The van der Waals surface area contributed by atoms with Crippen LogP contribution >= 0.6 is 0 Å². The summed E-state index contributed by atoms with van der Waals surface area (Å²) in [6, 6.07) is 23.2. The van der Waals surface area contributed by atoms with E-state index in [0.29, 0.717) is 35.6 Å². The van der Waals surface area contributed by atoms with E-state index in [4.69, 9.17) is 14.2 Å². The first-order valence-corrected chi connectivity index (χ1v) is 8.97. The standard InChI is InChI=1S/C23H16N2O3/c1-2-8-16(9-3-1)10-7-15-26-19-13-6-14-20-21(19)28-23-22(27-20)24-17-11-4-5-12-18(17)25-23/h1-14H,15H2/b10-7+. The Morgan fingerprint density at radius 3 is 2.25 bits per heavy atom. The van der Waals surface area contributed by atoms with E-state index < -0.39 is 0 Å². The van der Waals surface area contributed by atoms with Gasteiger partial charge in [0.2, 0.25) is 5.75 Å². The Morgan fingerprint density at radius 2 is 1.46 bits per heavy atom. The molecule has 0 spiro atoms. The first kappa shape index (κ1) is 16.3. The van der Waals surface area contributed by atoms with Crippen LogP contribution < -0.4 is 14.2 Å². The minimum absolute atomic E-state index is 0.335. The van der Waals surface area contributed by atoms with Gasteiger partial charge in [0.1, 0.15) is 6.61 Å². The summed E-state index contributed by atoms with van der Waals surface area (Å²) < 4.78 is 17.8. The van der Waals surface area contributed by atoms with Gasteiger partial charge >= 0.3 is 0 Å². The van der Waals surface area contributed by atoms with Crippen molar-refractivity contribution in [2.75, 3.05) is 6.61 Å². The van der Waals surface area contributed by atoms with Crippen LogP contribution in [0.2, 0.25) is 0 Å². The molecule has 4 aromatic rings. The van der Waals surface area contributed by atoms with Crippen molar-refractivity contribution in [2.24, 2.45) is 0 Å². The quantitative estimate of drug-likeness (QED) is 0.412. The minimum Gasteiger partial charge on any atom is -0.485 e. The summed E-state index contributed by atoms with van der Waals surface area (Å²) in [6.07, 6.45) is 3.97. The minimum atomic E-state index is 0.335. The van der Waals surface area contributed by atoms with Crippen molar-refractivity contribution in [2.45, 2.75) is 0 Å². The molecule has 5 rings (SSSR count). The molecule has 0 atom stereocenters. The van der Waals surface area contributed by atoms with E-state index in [1.54, 1.807) is 0 Å². The van der Waals surface area contributed by atoms with E-state index in [0.717, 1.165) is 16.6 Å². The highest BCUT2D eigenvalue weighted by atomic mass is 16.6. The molecule has 1 aliphatic heterocycles. The van der Waals surface area contributed by atoms with Crippen LogP contribution in [0.1, 0.15) is 5.56 Å². The van der Waals surface area contributed by atoms with Gasteiger partial charge in [-0.15, -0.1) is 0 Å². The highest BCUT2D eigenvalue weighted by Crippen LogP contribution is 2.48. The molecule has 28 heavy (non-hydrogen) atoms. The number of para-hydroxylation sites is 3. The lowest BCUT2D eigenvalue weighted by Gasteiger charge is -2.21. The summed E-state index contributed by atoms with van der Waals surface area (Å²) >= 11 is 0. The molecule has 0 fully saturated rings. The molecule has 5 heteroatoms. The molecule has 5 nitrogen and oxygen atoms in total. The molecule has 136 valence electrons. The first-order chi connectivity index (χ1) is 13.9. The lowest BCUT2D eigenvalue weighted by molar-refractivity contribution is 0.301. The number of rotatable bonds is 4. The van der Waals surface area contributed by atoms with Crippen molar-refractivity contribution in [3.63, 3.8) is 0 Å². The molecular formula is C23H16N2O3. The summed E-state index contributed by atoms with van der Waals surface area (Å²) in [4.78, 5) is 9.00. The maximum atomic E-state index is 5.98. The average Bonchev–Trinajstić information content (AvgIpc) is 2.74. The molecule has 0 N–H and O–H groups in total. The zero-order chi connectivity index (χ0) is 18.8. The Labute approximate surface area is 161 Å². The van der Waals surface area contributed by atoms with Gasteiger partial charge in [-0.1, -0.05) is 54.6 Å². The van der Waals surface area contributed by atoms with Gasteiger partial charge in [0.15, 0.2) is 11.5 Å². The fourth-order valence-electron chi connectivity index (χ4n) is 2.98. The molecule has 2 heterocycles. The lowest BCUT2D eigenvalue weighted by Crippen LogP contribution is -2.05. The van der Waals surface area contributed by atoms with Crippen LogP contribution in [0.3, 0.4) is 0 Å². The van der Waals surface area contributed by atoms with Crippen molar-refractivity contribution in [3.8, 4) is 29.0 Å². The predicted molar refractivity (Wildman–Crippen MR) is 107 cm³/mol. The Hall–Kier alpha value is -3.86. The smallest absolute Gasteiger partial charge is 0.284 e. The average molecular weight is 368 g/mol. The second-order valence-electron chi connectivity index (χ2n) is 6.23. The Bertz CT molecular complexity index is 1170. The van der Waals surface area contributed by atoms with Gasteiger partial charge in [0.05, 0.1) is 11.0 Å². The number of hydrogen-bond donors (Lipinski definition) is 0. The topological polar surface area (TPSA) is 53.5 Å². The van der Waals surface area contributed by atoms with E-state index in [9.17, 15) is 0 Å². The van der Waals surface area contributed by atoms with Crippen LogP contribution in [0.25, 0.3) is 17.1 Å². The van der Waals surface area contributed by atoms with Gasteiger partial charge in [0, 0.05) is 0 Å². The normalized spacial score (nSPS) is 12.1. The number of nitrogens with zero attached hydrogens (tertiary/aromatic N) is 2. The molecule has 0 bridgehead atoms. The molecule has 1 aromatic heterocycles. The molecule has 0 aliphatic carbocycles. The molecule has 0 unspecified atom stereocenters.